The molecule has 3 aromatic carbocycles. The molecule has 1 unspecified atom stereocenters. The molecule has 3 aromatic rings. The third-order valence-corrected chi connectivity index (χ3v) is 9.69. The zero-order valence-corrected chi connectivity index (χ0v) is 24.5. The van der Waals surface area contributed by atoms with Gasteiger partial charge in [0.05, 0.1) is 29.1 Å². The molecule has 1 saturated heterocycles. The third-order valence-electron chi connectivity index (χ3n) is 7.91. The summed E-state index contributed by atoms with van der Waals surface area (Å²) in [5.74, 6) is 0.479. The van der Waals surface area contributed by atoms with E-state index in [0.29, 0.717) is 31.0 Å². The number of amides is 1. The Morgan fingerprint density at radius 1 is 1.02 bits per heavy atom. The van der Waals surface area contributed by atoms with Crippen molar-refractivity contribution in [1.82, 2.24) is 4.90 Å². The first-order chi connectivity index (χ1) is 19.0. The molecule has 0 bridgehead atoms. The molecule has 7 nitrogen and oxygen atoms in total. The summed E-state index contributed by atoms with van der Waals surface area (Å²) in [5, 5.41) is 11.3. The summed E-state index contributed by atoms with van der Waals surface area (Å²) >= 11 is 0. The van der Waals surface area contributed by atoms with Crippen LogP contribution in [0.15, 0.2) is 54.6 Å². The van der Waals surface area contributed by atoms with E-state index in [9.17, 15) is 18.5 Å². The molecule has 0 N–H and O–H groups in total. The van der Waals surface area contributed by atoms with Gasteiger partial charge in [-0.05, 0) is 105 Å². The van der Waals surface area contributed by atoms with Crippen LogP contribution in [0, 0.1) is 17.2 Å². The highest BCUT2D eigenvalue weighted by atomic mass is 32.2. The van der Waals surface area contributed by atoms with Crippen LogP contribution in [-0.4, -0.2) is 43.9 Å². The maximum absolute atomic E-state index is 13.3. The van der Waals surface area contributed by atoms with Gasteiger partial charge in [0, 0.05) is 19.5 Å². The van der Waals surface area contributed by atoms with Gasteiger partial charge in [-0.3, -0.25) is 4.31 Å². The van der Waals surface area contributed by atoms with Gasteiger partial charge in [-0.2, -0.15) is 5.26 Å². The molecule has 0 spiro atoms. The molecule has 40 heavy (non-hydrogen) atoms. The Balaban J connectivity index is 1.35. The lowest BCUT2D eigenvalue weighted by atomic mass is 9.89. The fraction of sp³-hybridized carbons (Fsp3) is 0.438. The summed E-state index contributed by atoms with van der Waals surface area (Å²) in [6, 6.07) is 19.6. The number of hydrogen-bond acceptors (Lipinski definition) is 5. The van der Waals surface area contributed by atoms with Crippen molar-refractivity contribution in [2.45, 2.75) is 65.0 Å². The second-order valence-corrected chi connectivity index (χ2v) is 14.1. The number of carbonyl (C=O) groups is 1. The highest BCUT2D eigenvalue weighted by Gasteiger charge is 2.38. The maximum Gasteiger partial charge on any atom is 0.410 e. The van der Waals surface area contributed by atoms with E-state index in [1.165, 1.54) is 5.56 Å². The van der Waals surface area contributed by atoms with Crippen LogP contribution in [0.1, 0.15) is 68.8 Å². The molecule has 2 heterocycles. The molecular weight excluding hydrogens is 522 g/mol. The summed E-state index contributed by atoms with van der Waals surface area (Å²) in [4.78, 5) is 14.2. The number of carbonyl (C=O) groups excluding carboxylic acids is 1. The number of piperidine rings is 1. The van der Waals surface area contributed by atoms with Crippen LogP contribution >= 0.6 is 0 Å². The smallest absolute Gasteiger partial charge is 0.410 e. The van der Waals surface area contributed by atoms with Crippen LogP contribution in [0.3, 0.4) is 0 Å². The predicted molar refractivity (Wildman–Crippen MR) is 158 cm³/mol. The minimum atomic E-state index is -3.51. The lowest BCUT2D eigenvalue weighted by Gasteiger charge is -2.33. The fourth-order valence-electron chi connectivity index (χ4n) is 5.86. The standard InChI is InChI=1S/C32H37N3O4S/c1-5-40(37,38)35-29-11-7-23(16-22-12-14-34(15-13-22)31(36)39-32(2,3)4)17-28(29)20-30(35)26-10-9-25-8-6-24(21-33)18-27(25)19-26/h6-11,17-19,22,30H,5,12-16,20H2,1-4H3. The van der Waals surface area contributed by atoms with Gasteiger partial charge in [0.25, 0.3) is 0 Å². The average molecular weight is 560 g/mol. The molecule has 1 amide bonds. The number of rotatable bonds is 5. The summed E-state index contributed by atoms with van der Waals surface area (Å²) < 4.78 is 33.8. The molecule has 0 aromatic heterocycles. The quantitative estimate of drug-likeness (QED) is 0.363. The van der Waals surface area contributed by atoms with Crippen LogP contribution in [0.2, 0.25) is 0 Å². The molecular formula is C32H37N3O4S. The highest BCUT2D eigenvalue weighted by molar-refractivity contribution is 7.92. The minimum Gasteiger partial charge on any atom is -0.444 e. The van der Waals surface area contributed by atoms with Gasteiger partial charge in [0.2, 0.25) is 10.0 Å². The second-order valence-electron chi connectivity index (χ2n) is 11.9. The van der Waals surface area contributed by atoms with Crippen LogP contribution in [0.4, 0.5) is 10.5 Å². The van der Waals surface area contributed by atoms with Crippen molar-refractivity contribution in [3.63, 3.8) is 0 Å². The number of sulfonamides is 1. The first kappa shape index (κ1) is 28.0. The Morgan fingerprint density at radius 3 is 2.42 bits per heavy atom. The molecule has 8 heteroatoms. The van der Waals surface area contributed by atoms with E-state index in [4.69, 9.17) is 4.74 Å². The number of ether oxygens (including phenoxy) is 1. The van der Waals surface area contributed by atoms with Gasteiger partial charge in [-0.1, -0.05) is 30.3 Å². The van der Waals surface area contributed by atoms with E-state index in [1.54, 1.807) is 22.2 Å². The maximum atomic E-state index is 13.3. The topological polar surface area (TPSA) is 90.7 Å². The number of benzene rings is 3. The SMILES string of the molecule is CCS(=O)(=O)N1c2ccc(CC3CCN(C(=O)OC(C)(C)C)CC3)cc2CC1c1ccc2ccc(C#N)cc2c1. The zero-order valence-electron chi connectivity index (χ0n) is 23.7. The van der Waals surface area contributed by atoms with E-state index in [1.807, 2.05) is 57.2 Å². The molecule has 0 aliphatic carbocycles. The molecule has 5 rings (SSSR count). The van der Waals surface area contributed by atoms with Crippen molar-refractivity contribution in [1.29, 1.82) is 5.26 Å². The van der Waals surface area contributed by atoms with E-state index < -0.39 is 15.6 Å². The summed E-state index contributed by atoms with van der Waals surface area (Å²) in [7, 11) is -3.51. The first-order valence-corrected chi connectivity index (χ1v) is 15.6. The Hall–Kier alpha value is -3.57. The molecule has 2 aliphatic rings. The fourth-order valence-corrected chi connectivity index (χ4v) is 7.20. The lowest BCUT2D eigenvalue weighted by Crippen LogP contribution is -2.42. The normalized spacial score (nSPS) is 18.0. The van der Waals surface area contributed by atoms with Crippen molar-refractivity contribution < 1.29 is 17.9 Å². The highest BCUT2D eigenvalue weighted by Crippen LogP contribution is 2.44. The summed E-state index contributed by atoms with van der Waals surface area (Å²) in [6.07, 6.45) is 3.08. The monoisotopic (exact) mass is 559 g/mol. The molecule has 210 valence electrons. The Labute approximate surface area is 237 Å². The van der Waals surface area contributed by atoms with Crippen LogP contribution in [0.5, 0.6) is 0 Å². The number of hydrogen-bond donors (Lipinski definition) is 0. The average Bonchev–Trinajstić information content (AvgIpc) is 3.31. The molecule has 0 radical (unpaired) electrons. The number of anilines is 1. The van der Waals surface area contributed by atoms with Crippen LogP contribution in [0.25, 0.3) is 10.8 Å². The number of fused-ring (bicyclic) bond motifs is 2. The van der Waals surface area contributed by atoms with Crippen LogP contribution in [-0.2, 0) is 27.6 Å². The number of likely N-dealkylation sites (tertiary alicyclic amines) is 1. The van der Waals surface area contributed by atoms with Gasteiger partial charge in [-0.25, -0.2) is 13.2 Å². The predicted octanol–water partition coefficient (Wildman–Crippen LogP) is 6.35. The third kappa shape index (κ3) is 5.80. The molecule has 1 atom stereocenters. The Morgan fingerprint density at radius 2 is 1.75 bits per heavy atom. The molecule has 1 fully saturated rings. The van der Waals surface area contributed by atoms with Gasteiger partial charge < -0.3 is 9.64 Å². The van der Waals surface area contributed by atoms with E-state index in [0.717, 1.165) is 46.8 Å². The van der Waals surface area contributed by atoms with Crippen molar-refractivity contribution in [3.05, 3.63) is 76.9 Å². The first-order valence-electron chi connectivity index (χ1n) is 14.0. The van der Waals surface area contributed by atoms with Gasteiger partial charge in [0.15, 0.2) is 0 Å². The van der Waals surface area contributed by atoms with Gasteiger partial charge in [-0.15, -0.1) is 0 Å². The van der Waals surface area contributed by atoms with Crippen molar-refractivity contribution in [3.8, 4) is 6.07 Å². The van der Waals surface area contributed by atoms with Crippen LogP contribution < -0.4 is 4.31 Å². The van der Waals surface area contributed by atoms with Crippen molar-refractivity contribution in [2.75, 3.05) is 23.1 Å². The summed E-state index contributed by atoms with van der Waals surface area (Å²) in [6.45, 7) is 8.70. The Bertz CT molecular complexity index is 1580. The van der Waals surface area contributed by atoms with E-state index >= 15 is 0 Å². The van der Waals surface area contributed by atoms with Crippen molar-refractivity contribution >= 4 is 32.6 Å². The lowest BCUT2D eigenvalue weighted by molar-refractivity contribution is 0.0184. The minimum absolute atomic E-state index is 0.0209. The van der Waals surface area contributed by atoms with Crippen molar-refractivity contribution in [2.24, 2.45) is 5.92 Å². The van der Waals surface area contributed by atoms with Gasteiger partial charge >= 0.3 is 6.09 Å². The number of nitriles is 1. The summed E-state index contributed by atoms with van der Waals surface area (Å²) in [5.41, 5.74) is 3.99. The number of nitrogens with zero attached hydrogens (tertiary/aromatic N) is 3. The van der Waals surface area contributed by atoms with E-state index in [-0.39, 0.29) is 17.9 Å². The van der Waals surface area contributed by atoms with Gasteiger partial charge in [0.1, 0.15) is 5.60 Å². The molecule has 2 aliphatic heterocycles. The largest absolute Gasteiger partial charge is 0.444 e. The molecule has 0 saturated carbocycles. The Kier molecular flexibility index (Phi) is 7.54. The van der Waals surface area contributed by atoms with E-state index in [2.05, 4.69) is 18.2 Å². The second kappa shape index (κ2) is 10.8. The zero-order chi connectivity index (χ0) is 28.7.